The fraction of sp³-hybridized carbons (Fsp3) is 0.818. The molecule has 6 rings (SSSR count). The molecule has 4 heteroatoms. The Morgan fingerprint density at radius 2 is 1.50 bits per heavy atom. The summed E-state index contributed by atoms with van der Waals surface area (Å²) >= 11 is 0. The van der Waals surface area contributed by atoms with Crippen LogP contribution in [-0.4, -0.2) is 17.2 Å². The molecular weight excluding hydrogens is 328 g/mol. The molecule has 1 N–H and O–H groups in total. The largest absolute Gasteiger partial charge is 0.513 e. The smallest absolute Gasteiger partial charge is 0.449 e. The van der Waals surface area contributed by atoms with Crippen molar-refractivity contribution in [2.24, 2.45) is 58.7 Å². The Morgan fingerprint density at radius 3 is 2.04 bits per heavy atom. The van der Waals surface area contributed by atoms with Crippen molar-refractivity contribution in [2.45, 2.75) is 51.4 Å². The number of hydrogen-bond acceptors (Lipinski definition) is 3. The Hall–Kier alpha value is -1.32. The molecule has 0 aromatic carbocycles. The first-order valence-corrected chi connectivity index (χ1v) is 10.6. The van der Waals surface area contributed by atoms with Gasteiger partial charge in [-0.2, -0.15) is 0 Å². The van der Waals surface area contributed by atoms with Gasteiger partial charge in [0, 0.05) is 5.57 Å². The van der Waals surface area contributed by atoms with Gasteiger partial charge in [-0.15, -0.1) is 0 Å². The highest BCUT2D eigenvalue weighted by molar-refractivity contribution is 5.93. The molecule has 0 amide bonds. The molecule has 0 heterocycles. The molecule has 0 saturated heterocycles. The lowest BCUT2D eigenvalue weighted by Gasteiger charge is -2.52. The van der Waals surface area contributed by atoms with Crippen molar-refractivity contribution < 1.29 is 19.4 Å². The molecule has 26 heavy (non-hydrogen) atoms. The van der Waals surface area contributed by atoms with Crippen LogP contribution in [0.5, 0.6) is 0 Å². The van der Waals surface area contributed by atoms with Crippen LogP contribution in [0.2, 0.25) is 0 Å². The average Bonchev–Trinajstić information content (AvgIpc) is 3.37. The highest BCUT2D eigenvalue weighted by atomic mass is 16.7. The van der Waals surface area contributed by atoms with Gasteiger partial charge in [0.05, 0.1) is 0 Å². The Labute approximate surface area is 154 Å². The van der Waals surface area contributed by atoms with E-state index in [0.29, 0.717) is 12.0 Å². The van der Waals surface area contributed by atoms with Gasteiger partial charge in [0.2, 0.25) is 0 Å². The monoisotopic (exact) mass is 356 g/mol. The number of fused-ring (bicyclic) bond motifs is 16. The lowest BCUT2D eigenvalue weighted by atomic mass is 9.53. The van der Waals surface area contributed by atoms with Gasteiger partial charge in [-0.3, -0.25) is 0 Å². The number of ether oxygens (including phenoxy) is 1. The minimum Gasteiger partial charge on any atom is -0.449 e. The van der Waals surface area contributed by atoms with Crippen LogP contribution in [0.25, 0.3) is 0 Å². The molecule has 6 fully saturated rings. The third-order valence-electron chi connectivity index (χ3n) is 9.90. The van der Waals surface area contributed by atoms with E-state index in [1.54, 1.807) is 0 Å². The van der Waals surface area contributed by atoms with Gasteiger partial charge in [-0.1, -0.05) is 6.58 Å². The second-order valence-electron chi connectivity index (χ2n) is 10.4. The predicted molar refractivity (Wildman–Crippen MR) is 94.0 cm³/mol. The maximum Gasteiger partial charge on any atom is 0.513 e. The van der Waals surface area contributed by atoms with Crippen LogP contribution >= 0.6 is 0 Å². The van der Waals surface area contributed by atoms with E-state index in [2.05, 4.69) is 11.3 Å². The molecule has 6 aliphatic carbocycles. The van der Waals surface area contributed by atoms with E-state index in [1.807, 2.05) is 0 Å². The van der Waals surface area contributed by atoms with Crippen molar-refractivity contribution in [1.29, 1.82) is 0 Å². The number of carboxylic acid groups (broad SMARTS) is 1. The fourth-order valence-corrected chi connectivity index (χ4v) is 10.00. The van der Waals surface area contributed by atoms with Crippen molar-refractivity contribution in [1.82, 2.24) is 0 Å². The van der Waals surface area contributed by atoms with Gasteiger partial charge in [0.25, 0.3) is 0 Å². The normalized spacial score (nSPS) is 54.4. The molecule has 8 atom stereocenters. The zero-order valence-corrected chi connectivity index (χ0v) is 15.2. The first kappa shape index (κ1) is 15.7. The first-order valence-electron chi connectivity index (χ1n) is 10.6. The van der Waals surface area contributed by atoms with Gasteiger partial charge in [-0.25, -0.2) is 9.59 Å². The maximum atomic E-state index is 12.2. The van der Waals surface area contributed by atoms with Crippen LogP contribution in [-0.2, 0) is 9.53 Å². The van der Waals surface area contributed by atoms with E-state index in [-0.39, 0.29) is 5.41 Å². The Kier molecular flexibility index (Phi) is 2.98. The highest BCUT2D eigenvalue weighted by Gasteiger charge is 2.76. The van der Waals surface area contributed by atoms with Crippen LogP contribution in [0.4, 0.5) is 4.79 Å². The molecule has 6 aliphatic rings. The van der Waals surface area contributed by atoms with Gasteiger partial charge in [0.15, 0.2) is 0 Å². The average molecular weight is 356 g/mol. The maximum absolute atomic E-state index is 12.2. The molecule has 8 unspecified atom stereocenters. The summed E-state index contributed by atoms with van der Waals surface area (Å²) in [7, 11) is 0. The molecule has 140 valence electrons. The molecule has 0 aliphatic heterocycles. The summed E-state index contributed by atoms with van der Waals surface area (Å²) in [6.07, 6.45) is 8.86. The zero-order chi connectivity index (χ0) is 17.8. The SMILES string of the molecule is C=C(CC12CC(C3C4CCC(C4)C31)C1C3CCC(C3)C12)C(=O)OC(=O)O. The lowest BCUT2D eigenvalue weighted by molar-refractivity contribution is -0.135. The van der Waals surface area contributed by atoms with Gasteiger partial charge in [-0.05, 0) is 110 Å². The van der Waals surface area contributed by atoms with Crippen molar-refractivity contribution in [3.8, 4) is 0 Å². The van der Waals surface area contributed by atoms with E-state index in [4.69, 9.17) is 5.11 Å². The number of rotatable bonds is 3. The molecule has 4 nitrogen and oxygen atoms in total. The van der Waals surface area contributed by atoms with E-state index >= 15 is 0 Å². The third kappa shape index (κ3) is 1.72. The van der Waals surface area contributed by atoms with E-state index < -0.39 is 12.1 Å². The fourth-order valence-electron chi connectivity index (χ4n) is 10.00. The Morgan fingerprint density at radius 1 is 0.962 bits per heavy atom. The van der Waals surface area contributed by atoms with Crippen LogP contribution < -0.4 is 0 Å². The lowest BCUT2D eigenvalue weighted by Crippen LogP contribution is -2.47. The summed E-state index contributed by atoms with van der Waals surface area (Å²) < 4.78 is 4.45. The zero-order valence-electron chi connectivity index (χ0n) is 15.2. The summed E-state index contributed by atoms with van der Waals surface area (Å²) in [4.78, 5) is 23.0. The van der Waals surface area contributed by atoms with Crippen molar-refractivity contribution >= 4 is 12.1 Å². The molecular formula is C22H28O4. The molecule has 0 aromatic heterocycles. The molecule has 0 spiro atoms. The second-order valence-corrected chi connectivity index (χ2v) is 10.4. The standard InChI is InChI=1S/C22H28O4/c1-10(20(23)26-21(24)25)8-22-9-15(16-11-2-4-13(6-11)18(16)22)17-12-3-5-14(7-12)19(17)22/h11-19H,1-9H2,(H,24,25). The number of esters is 1. The number of carbonyl (C=O) groups is 2. The summed E-state index contributed by atoms with van der Waals surface area (Å²) in [6.45, 7) is 4.00. The quantitative estimate of drug-likeness (QED) is 0.350. The first-order chi connectivity index (χ1) is 12.5. The second kappa shape index (κ2) is 4.94. The van der Waals surface area contributed by atoms with Crippen molar-refractivity contribution in [3.05, 3.63) is 12.2 Å². The van der Waals surface area contributed by atoms with Crippen LogP contribution in [0.1, 0.15) is 51.4 Å². The van der Waals surface area contributed by atoms with Crippen LogP contribution in [0.3, 0.4) is 0 Å². The topological polar surface area (TPSA) is 63.6 Å². The van der Waals surface area contributed by atoms with E-state index in [1.165, 1.54) is 44.9 Å². The molecule has 0 aromatic rings. The predicted octanol–water partition coefficient (Wildman–Crippen LogP) is 4.50. The van der Waals surface area contributed by atoms with Crippen molar-refractivity contribution in [2.75, 3.05) is 0 Å². The van der Waals surface area contributed by atoms with Gasteiger partial charge >= 0.3 is 12.1 Å². The van der Waals surface area contributed by atoms with Gasteiger partial charge in [0.1, 0.15) is 0 Å². The minimum absolute atomic E-state index is 0.217. The molecule has 6 bridgehead atoms. The van der Waals surface area contributed by atoms with Crippen LogP contribution in [0.15, 0.2) is 12.2 Å². The Bertz CT molecular complexity index is 677. The summed E-state index contributed by atoms with van der Waals surface area (Å²) in [5, 5.41) is 8.81. The minimum atomic E-state index is -1.51. The van der Waals surface area contributed by atoms with Gasteiger partial charge < -0.3 is 9.84 Å². The van der Waals surface area contributed by atoms with Crippen molar-refractivity contribution in [3.63, 3.8) is 0 Å². The summed E-state index contributed by atoms with van der Waals surface area (Å²) in [5.41, 5.74) is 0.617. The number of hydrogen-bond donors (Lipinski definition) is 1. The van der Waals surface area contributed by atoms with E-state index in [0.717, 1.165) is 53.3 Å². The molecule has 6 saturated carbocycles. The summed E-state index contributed by atoms with van der Waals surface area (Å²) in [5.74, 6) is 7.00. The third-order valence-corrected chi connectivity index (χ3v) is 9.90. The summed E-state index contributed by atoms with van der Waals surface area (Å²) in [6, 6.07) is 0. The molecule has 0 radical (unpaired) electrons. The highest BCUT2D eigenvalue weighted by Crippen LogP contribution is 2.82. The Balaban J connectivity index is 1.37. The van der Waals surface area contributed by atoms with E-state index in [9.17, 15) is 9.59 Å². The number of carbonyl (C=O) groups excluding carboxylic acids is 1. The van der Waals surface area contributed by atoms with Crippen LogP contribution in [0, 0.1) is 58.7 Å².